The maximum absolute atomic E-state index is 5.78. The van der Waals surface area contributed by atoms with Crippen molar-refractivity contribution in [2.24, 2.45) is 4.99 Å². The number of guanidine groups is 1. The van der Waals surface area contributed by atoms with E-state index >= 15 is 0 Å². The number of terminal acetylenes is 1. The van der Waals surface area contributed by atoms with E-state index in [-0.39, 0.29) is 0 Å². The Labute approximate surface area is 96.8 Å². The van der Waals surface area contributed by atoms with Gasteiger partial charge in [-0.2, -0.15) is 0 Å². The van der Waals surface area contributed by atoms with Crippen molar-refractivity contribution in [3.8, 4) is 12.3 Å². The molecule has 2 fully saturated rings. The predicted molar refractivity (Wildman–Crippen MR) is 64.2 cm³/mol. The van der Waals surface area contributed by atoms with Crippen LogP contribution in [0.5, 0.6) is 0 Å². The number of ether oxygens (including phenoxy) is 1. The lowest BCUT2D eigenvalue weighted by Crippen LogP contribution is -2.47. The Morgan fingerprint density at radius 1 is 1.56 bits per heavy atom. The fourth-order valence-electron chi connectivity index (χ4n) is 2.41. The minimum absolute atomic E-state index is 0.361. The van der Waals surface area contributed by atoms with Gasteiger partial charge in [-0.25, -0.2) is 4.99 Å². The number of rotatable bonds is 3. The van der Waals surface area contributed by atoms with Crippen LogP contribution in [0.2, 0.25) is 0 Å². The summed E-state index contributed by atoms with van der Waals surface area (Å²) in [5, 5.41) is 6.59. The summed E-state index contributed by atoms with van der Waals surface area (Å²) in [7, 11) is 0. The molecule has 2 aliphatic rings. The summed E-state index contributed by atoms with van der Waals surface area (Å²) in [6.45, 7) is 3.31. The van der Waals surface area contributed by atoms with Crippen LogP contribution in [0.4, 0.5) is 0 Å². The lowest BCUT2D eigenvalue weighted by molar-refractivity contribution is 0.0992. The molecule has 0 spiro atoms. The molecule has 2 heterocycles. The van der Waals surface area contributed by atoms with Crippen molar-refractivity contribution in [2.75, 3.05) is 13.1 Å². The molecule has 2 bridgehead atoms. The molecule has 0 radical (unpaired) electrons. The molecule has 0 aromatic rings. The van der Waals surface area contributed by atoms with Gasteiger partial charge in [0, 0.05) is 6.54 Å². The predicted octanol–water partition coefficient (Wildman–Crippen LogP) is 0.495. The molecule has 2 saturated heterocycles. The second kappa shape index (κ2) is 5.22. The Morgan fingerprint density at radius 2 is 2.44 bits per heavy atom. The molecule has 4 heteroatoms. The lowest BCUT2D eigenvalue weighted by Gasteiger charge is -2.22. The van der Waals surface area contributed by atoms with Gasteiger partial charge in [0.1, 0.15) is 6.54 Å². The SMILES string of the molecule is C#CCN=C(NCC)N[C@@H]1C[C@H]2CC[C@H]1O2. The number of nitrogens with one attached hydrogen (secondary N) is 2. The van der Waals surface area contributed by atoms with E-state index < -0.39 is 0 Å². The minimum Gasteiger partial charge on any atom is -0.373 e. The topological polar surface area (TPSA) is 45.7 Å². The van der Waals surface area contributed by atoms with Crippen LogP contribution in [0.1, 0.15) is 26.2 Å². The first-order chi connectivity index (χ1) is 7.83. The summed E-state index contributed by atoms with van der Waals surface area (Å²) >= 11 is 0. The van der Waals surface area contributed by atoms with Crippen molar-refractivity contribution in [2.45, 2.75) is 44.4 Å². The van der Waals surface area contributed by atoms with Crippen molar-refractivity contribution >= 4 is 5.96 Å². The van der Waals surface area contributed by atoms with Gasteiger partial charge in [-0.05, 0) is 26.2 Å². The zero-order chi connectivity index (χ0) is 11.4. The maximum Gasteiger partial charge on any atom is 0.192 e. The van der Waals surface area contributed by atoms with E-state index in [0.29, 0.717) is 24.8 Å². The normalized spacial score (nSPS) is 32.5. The number of nitrogens with zero attached hydrogens (tertiary/aromatic N) is 1. The van der Waals surface area contributed by atoms with Gasteiger partial charge in [-0.3, -0.25) is 0 Å². The third kappa shape index (κ3) is 2.48. The van der Waals surface area contributed by atoms with Crippen LogP contribution in [0.25, 0.3) is 0 Å². The highest BCUT2D eigenvalue weighted by atomic mass is 16.5. The summed E-state index contributed by atoms with van der Waals surface area (Å²) in [4.78, 5) is 4.28. The molecule has 16 heavy (non-hydrogen) atoms. The molecular formula is C12H19N3O. The van der Waals surface area contributed by atoms with Gasteiger partial charge < -0.3 is 15.4 Å². The summed E-state index contributed by atoms with van der Waals surface area (Å²) in [5.41, 5.74) is 0. The molecule has 2 aliphatic heterocycles. The molecular weight excluding hydrogens is 202 g/mol. The molecule has 0 unspecified atom stereocenters. The van der Waals surface area contributed by atoms with Crippen LogP contribution in [0.3, 0.4) is 0 Å². The van der Waals surface area contributed by atoms with Crippen molar-refractivity contribution in [1.82, 2.24) is 10.6 Å². The van der Waals surface area contributed by atoms with Crippen molar-refractivity contribution in [3.05, 3.63) is 0 Å². The van der Waals surface area contributed by atoms with E-state index in [2.05, 4.69) is 21.5 Å². The molecule has 0 aromatic carbocycles. The summed E-state index contributed by atoms with van der Waals surface area (Å²) in [5.74, 6) is 3.32. The molecule has 88 valence electrons. The van der Waals surface area contributed by atoms with Gasteiger partial charge in [0.05, 0.1) is 18.2 Å². The van der Waals surface area contributed by atoms with Crippen molar-refractivity contribution in [1.29, 1.82) is 0 Å². The third-order valence-electron chi connectivity index (χ3n) is 3.10. The highest BCUT2D eigenvalue weighted by Gasteiger charge is 2.40. The van der Waals surface area contributed by atoms with Gasteiger partial charge in [0.2, 0.25) is 0 Å². The van der Waals surface area contributed by atoms with Gasteiger partial charge in [0.25, 0.3) is 0 Å². The minimum atomic E-state index is 0.361. The molecule has 2 N–H and O–H groups in total. The quantitative estimate of drug-likeness (QED) is 0.414. The molecule has 0 aromatic heterocycles. The molecule has 0 amide bonds. The number of aliphatic imine (C=N–C) groups is 1. The molecule has 2 rings (SSSR count). The average molecular weight is 221 g/mol. The van der Waals surface area contributed by atoms with Crippen LogP contribution < -0.4 is 10.6 Å². The monoisotopic (exact) mass is 221 g/mol. The van der Waals surface area contributed by atoms with Gasteiger partial charge in [0.15, 0.2) is 5.96 Å². The molecule has 3 atom stereocenters. The van der Waals surface area contributed by atoms with Crippen LogP contribution >= 0.6 is 0 Å². The fraction of sp³-hybridized carbons (Fsp3) is 0.750. The number of hydrogen-bond acceptors (Lipinski definition) is 2. The largest absolute Gasteiger partial charge is 0.373 e. The van der Waals surface area contributed by atoms with E-state index in [1.165, 1.54) is 6.42 Å². The van der Waals surface area contributed by atoms with Gasteiger partial charge in [-0.1, -0.05) is 5.92 Å². The third-order valence-corrected chi connectivity index (χ3v) is 3.10. The second-order valence-corrected chi connectivity index (χ2v) is 4.26. The Kier molecular flexibility index (Phi) is 3.68. The van der Waals surface area contributed by atoms with Crippen LogP contribution in [0, 0.1) is 12.3 Å². The zero-order valence-corrected chi connectivity index (χ0v) is 9.70. The van der Waals surface area contributed by atoms with Crippen molar-refractivity contribution in [3.63, 3.8) is 0 Å². The first-order valence-electron chi connectivity index (χ1n) is 5.97. The second-order valence-electron chi connectivity index (χ2n) is 4.26. The van der Waals surface area contributed by atoms with E-state index in [1.54, 1.807) is 0 Å². The Hall–Kier alpha value is -1.21. The van der Waals surface area contributed by atoms with Crippen molar-refractivity contribution < 1.29 is 4.74 Å². The molecule has 0 aliphatic carbocycles. The molecule has 4 nitrogen and oxygen atoms in total. The highest BCUT2D eigenvalue weighted by molar-refractivity contribution is 5.80. The smallest absolute Gasteiger partial charge is 0.192 e. The first kappa shape index (κ1) is 11.3. The lowest BCUT2D eigenvalue weighted by atomic mass is 9.96. The summed E-state index contributed by atoms with van der Waals surface area (Å²) < 4.78 is 5.78. The summed E-state index contributed by atoms with van der Waals surface area (Å²) in [6, 6.07) is 0.398. The van der Waals surface area contributed by atoms with E-state index in [0.717, 1.165) is 25.3 Å². The average Bonchev–Trinajstić information content (AvgIpc) is 2.88. The van der Waals surface area contributed by atoms with E-state index in [1.807, 2.05) is 6.92 Å². The Balaban J connectivity index is 1.88. The maximum atomic E-state index is 5.78. The molecule has 0 saturated carbocycles. The van der Waals surface area contributed by atoms with E-state index in [4.69, 9.17) is 11.2 Å². The van der Waals surface area contributed by atoms with Gasteiger partial charge >= 0.3 is 0 Å². The van der Waals surface area contributed by atoms with Crippen LogP contribution in [0.15, 0.2) is 4.99 Å². The van der Waals surface area contributed by atoms with Gasteiger partial charge in [-0.15, -0.1) is 6.42 Å². The zero-order valence-electron chi connectivity index (χ0n) is 9.70. The standard InChI is InChI=1S/C12H19N3O/c1-3-7-14-12(13-4-2)15-10-8-9-5-6-11(10)16-9/h1,9-11H,4-8H2,2H3,(H2,13,14,15)/t9-,10-,11-/m1/s1. The number of fused-ring (bicyclic) bond motifs is 2. The first-order valence-corrected chi connectivity index (χ1v) is 5.97. The fourth-order valence-corrected chi connectivity index (χ4v) is 2.41. The highest BCUT2D eigenvalue weighted by Crippen LogP contribution is 2.34. The Morgan fingerprint density at radius 3 is 3.00 bits per heavy atom. The summed E-state index contributed by atoms with van der Waals surface area (Å²) in [6.07, 6.45) is 9.48. The Bertz CT molecular complexity index is 308. The van der Waals surface area contributed by atoms with E-state index in [9.17, 15) is 0 Å². The number of hydrogen-bond donors (Lipinski definition) is 2. The van der Waals surface area contributed by atoms with Crippen LogP contribution in [-0.2, 0) is 4.74 Å². The van der Waals surface area contributed by atoms with Crippen LogP contribution in [-0.4, -0.2) is 37.3 Å².